The van der Waals surface area contributed by atoms with Crippen LogP contribution >= 0.6 is 0 Å². The van der Waals surface area contributed by atoms with Crippen LogP contribution in [0.4, 0.5) is 8.78 Å². The molecule has 0 saturated heterocycles. The van der Waals surface area contributed by atoms with E-state index in [0.717, 1.165) is 23.3 Å². The predicted molar refractivity (Wildman–Crippen MR) is 117 cm³/mol. The molecule has 0 saturated carbocycles. The highest BCUT2D eigenvalue weighted by molar-refractivity contribution is 6.04. The molecule has 3 rings (SSSR count). The highest BCUT2D eigenvalue weighted by Crippen LogP contribution is 2.28. The van der Waals surface area contributed by atoms with Gasteiger partial charge in [0.05, 0.1) is 6.04 Å². The smallest absolute Gasteiger partial charge is 0.263 e. The lowest BCUT2D eigenvalue weighted by Crippen LogP contribution is -2.56. The van der Waals surface area contributed by atoms with E-state index in [4.69, 9.17) is 5.73 Å². The molecule has 0 aromatic heterocycles. The minimum Gasteiger partial charge on any atom is -0.378 e. The SMILES string of the molecule is C[C@H](N)C(=O)N(C(=O)[C@@H](O)c1cc(F)cc(F)c1)[C@H]1CC(c2ccccc2)=CCN(C)C1=O. The van der Waals surface area contributed by atoms with Crippen LogP contribution in [0.5, 0.6) is 0 Å². The second-order valence-electron chi connectivity index (χ2n) is 7.97. The number of benzene rings is 2. The predicted octanol–water partition coefficient (Wildman–Crippen LogP) is 2.01. The Morgan fingerprint density at radius 1 is 1.12 bits per heavy atom. The molecular weight excluding hydrogens is 432 g/mol. The number of carbonyl (C=O) groups is 3. The van der Waals surface area contributed by atoms with Gasteiger partial charge in [0.25, 0.3) is 5.91 Å². The van der Waals surface area contributed by atoms with Crippen molar-refractivity contribution in [2.45, 2.75) is 31.5 Å². The van der Waals surface area contributed by atoms with Crippen molar-refractivity contribution in [1.82, 2.24) is 9.80 Å². The summed E-state index contributed by atoms with van der Waals surface area (Å²) in [5, 5.41) is 10.6. The maximum absolute atomic E-state index is 13.7. The molecule has 0 aliphatic carbocycles. The van der Waals surface area contributed by atoms with Crippen LogP contribution in [0.1, 0.15) is 30.6 Å². The fraction of sp³-hybridized carbons (Fsp3) is 0.292. The van der Waals surface area contributed by atoms with Crippen molar-refractivity contribution in [3.8, 4) is 0 Å². The molecule has 3 atom stereocenters. The molecule has 0 spiro atoms. The zero-order valence-corrected chi connectivity index (χ0v) is 18.2. The molecule has 2 aromatic carbocycles. The molecule has 0 fully saturated rings. The van der Waals surface area contributed by atoms with Crippen molar-refractivity contribution in [1.29, 1.82) is 0 Å². The van der Waals surface area contributed by atoms with Gasteiger partial charge in [-0.3, -0.25) is 19.3 Å². The fourth-order valence-electron chi connectivity index (χ4n) is 3.70. The van der Waals surface area contributed by atoms with Crippen LogP contribution in [-0.4, -0.2) is 58.3 Å². The van der Waals surface area contributed by atoms with Crippen molar-refractivity contribution in [3.63, 3.8) is 0 Å². The molecular formula is C24H25F2N3O4. The van der Waals surface area contributed by atoms with Crippen LogP contribution in [0.25, 0.3) is 5.57 Å². The molecule has 3 amide bonds. The standard InChI is InChI=1S/C24H25F2N3O4/c1-14(27)22(31)29(24(33)21(30)17-10-18(25)13-19(26)11-17)20-12-16(8-9-28(2)23(20)32)15-6-4-3-5-7-15/h3-8,10-11,13-14,20-21,30H,9,12,27H2,1-2H3/t14-,20-,21-/m0/s1. The first-order chi connectivity index (χ1) is 15.6. The third-order valence-corrected chi connectivity index (χ3v) is 5.44. The fourth-order valence-corrected chi connectivity index (χ4v) is 3.70. The summed E-state index contributed by atoms with van der Waals surface area (Å²) >= 11 is 0. The second kappa shape index (κ2) is 10.0. The van der Waals surface area contributed by atoms with Crippen LogP contribution in [0.15, 0.2) is 54.6 Å². The van der Waals surface area contributed by atoms with E-state index in [0.29, 0.717) is 11.0 Å². The third-order valence-electron chi connectivity index (χ3n) is 5.44. The number of hydrogen-bond acceptors (Lipinski definition) is 5. The number of rotatable bonds is 5. The molecule has 0 radical (unpaired) electrons. The highest BCUT2D eigenvalue weighted by Gasteiger charge is 2.41. The minimum atomic E-state index is -2.08. The van der Waals surface area contributed by atoms with Crippen molar-refractivity contribution in [2.75, 3.05) is 13.6 Å². The van der Waals surface area contributed by atoms with Gasteiger partial charge in [-0.05, 0) is 35.8 Å². The van der Waals surface area contributed by atoms with Gasteiger partial charge >= 0.3 is 0 Å². The van der Waals surface area contributed by atoms with Crippen molar-refractivity contribution < 1.29 is 28.3 Å². The first-order valence-electron chi connectivity index (χ1n) is 10.4. The second-order valence-corrected chi connectivity index (χ2v) is 7.97. The molecule has 1 aliphatic rings. The quantitative estimate of drug-likeness (QED) is 0.715. The van der Waals surface area contributed by atoms with Gasteiger partial charge in [0.15, 0.2) is 6.10 Å². The summed E-state index contributed by atoms with van der Waals surface area (Å²) in [5.41, 5.74) is 6.89. The number of nitrogens with zero attached hydrogens (tertiary/aromatic N) is 2. The molecule has 3 N–H and O–H groups in total. The van der Waals surface area contributed by atoms with Crippen LogP contribution in [0, 0.1) is 11.6 Å². The number of amides is 3. The van der Waals surface area contributed by atoms with E-state index in [-0.39, 0.29) is 18.5 Å². The molecule has 33 heavy (non-hydrogen) atoms. The average molecular weight is 457 g/mol. The number of nitrogens with two attached hydrogens (primary N) is 1. The van der Waals surface area contributed by atoms with Gasteiger partial charge in [0.2, 0.25) is 11.8 Å². The molecule has 7 nitrogen and oxygen atoms in total. The lowest BCUT2D eigenvalue weighted by atomic mass is 9.96. The Balaban J connectivity index is 2.04. The lowest BCUT2D eigenvalue weighted by Gasteiger charge is -2.33. The van der Waals surface area contributed by atoms with E-state index in [1.807, 2.05) is 36.4 Å². The van der Waals surface area contributed by atoms with E-state index >= 15 is 0 Å². The average Bonchev–Trinajstić information content (AvgIpc) is 2.92. The van der Waals surface area contributed by atoms with Crippen LogP contribution < -0.4 is 5.73 Å². The monoisotopic (exact) mass is 457 g/mol. The number of likely N-dealkylation sites (N-methyl/N-ethyl adjacent to an activating group) is 1. The molecule has 1 aliphatic heterocycles. The van der Waals surface area contributed by atoms with Gasteiger partial charge < -0.3 is 15.7 Å². The summed E-state index contributed by atoms with van der Waals surface area (Å²) < 4.78 is 27.3. The van der Waals surface area contributed by atoms with Gasteiger partial charge in [-0.2, -0.15) is 0 Å². The van der Waals surface area contributed by atoms with Crippen LogP contribution in [0.3, 0.4) is 0 Å². The van der Waals surface area contributed by atoms with Gasteiger partial charge in [0.1, 0.15) is 17.7 Å². The number of imide groups is 1. The number of aliphatic hydroxyl groups excluding tert-OH is 1. The Bertz CT molecular complexity index is 1070. The van der Waals surface area contributed by atoms with Crippen LogP contribution in [0.2, 0.25) is 0 Å². The molecule has 9 heteroatoms. The Kier molecular flexibility index (Phi) is 7.35. The Hall–Kier alpha value is -3.43. The van der Waals surface area contributed by atoms with E-state index in [1.165, 1.54) is 18.9 Å². The molecule has 1 heterocycles. The van der Waals surface area contributed by atoms with Crippen molar-refractivity contribution in [3.05, 3.63) is 77.4 Å². The summed E-state index contributed by atoms with van der Waals surface area (Å²) in [6.45, 7) is 1.58. The zero-order valence-electron chi connectivity index (χ0n) is 18.2. The highest BCUT2D eigenvalue weighted by atomic mass is 19.1. The summed E-state index contributed by atoms with van der Waals surface area (Å²) in [5.74, 6) is -4.61. The Morgan fingerprint density at radius 3 is 2.30 bits per heavy atom. The van der Waals surface area contributed by atoms with Crippen molar-refractivity contribution in [2.24, 2.45) is 5.73 Å². The van der Waals surface area contributed by atoms with E-state index < -0.39 is 47.5 Å². The molecule has 2 aromatic rings. The summed E-state index contributed by atoms with van der Waals surface area (Å²) in [6.07, 6.45) is -0.268. The van der Waals surface area contributed by atoms with E-state index in [1.54, 1.807) is 0 Å². The van der Waals surface area contributed by atoms with Crippen molar-refractivity contribution >= 4 is 23.3 Å². The third kappa shape index (κ3) is 5.32. The topological polar surface area (TPSA) is 104 Å². The van der Waals surface area contributed by atoms with E-state index in [9.17, 15) is 28.3 Å². The number of aliphatic hydroxyl groups is 1. The minimum absolute atomic E-state index is 0.0123. The van der Waals surface area contributed by atoms with Crippen LogP contribution in [-0.2, 0) is 14.4 Å². The zero-order chi connectivity index (χ0) is 24.3. The number of hydrogen-bond donors (Lipinski definition) is 2. The van der Waals surface area contributed by atoms with Gasteiger partial charge in [-0.1, -0.05) is 36.4 Å². The first-order valence-corrected chi connectivity index (χ1v) is 10.4. The maximum Gasteiger partial charge on any atom is 0.263 e. The van der Waals surface area contributed by atoms with Gasteiger partial charge in [0, 0.05) is 26.1 Å². The maximum atomic E-state index is 13.7. The largest absolute Gasteiger partial charge is 0.378 e. The van der Waals surface area contributed by atoms with Gasteiger partial charge in [-0.25, -0.2) is 8.78 Å². The summed E-state index contributed by atoms with van der Waals surface area (Å²) in [4.78, 5) is 41.4. The summed E-state index contributed by atoms with van der Waals surface area (Å²) in [6, 6.07) is 8.84. The Morgan fingerprint density at radius 2 is 1.73 bits per heavy atom. The Labute approximate surface area is 190 Å². The first kappa shape index (κ1) is 24.2. The molecule has 0 bridgehead atoms. The molecule has 0 unspecified atom stereocenters. The summed E-state index contributed by atoms with van der Waals surface area (Å²) in [7, 11) is 1.52. The normalized spacial score (nSPS) is 18.2. The lowest BCUT2D eigenvalue weighted by molar-refractivity contribution is -0.159. The number of carbonyl (C=O) groups excluding carboxylic acids is 3. The van der Waals surface area contributed by atoms with Gasteiger partial charge in [-0.15, -0.1) is 0 Å². The number of halogens is 2. The van der Waals surface area contributed by atoms with E-state index in [2.05, 4.69) is 0 Å². The molecule has 174 valence electrons.